The van der Waals surface area contributed by atoms with Crippen molar-refractivity contribution in [3.63, 3.8) is 0 Å². The minimum atomic E-state index is -2.55. The standard InChI is InChI=1S/C44H87N4O2PS2/c1-7-10-13-16-19-22-23-26-29-32-37-50-51(52,49-36-31-28-25-21-18-15-12-9-3)53-40-47(39-48(46)43-34-33-41(4)38-42(43)45)44(5,6)35-30-27-24-20-17-14-11-8-2/h33-34,38H,7-32,35-37,39-40,45-46H2,1-6H3. The van der Waals surface area contributed by atoms with Gasteiger partial charge in [0.05, 0.1) is 37.1 Å². The second-order valence-electron chi connectivity index (χ2n) is 16.3. The Morgan fingerprint density at radius 3 is 1.45 bits per heavy atom. The topological polar surface area (TPSA) is 77.0 Å². The van der Waals surface area contributed by atoms with Crippen LogP contribution in [0.25, 0.3) is 0 Å². The Kier molecular flexibility index (Phi) is 31.3. The SMILES string of the molecule is CCCCCCCCCCCCOP(=S)(OCCCCCCCCCC)SCN(CN(N)c1ccc(C)cc1N)C(C)(C)CCCCCCCCCC. The first-order valence-corrected chi connectivity index (χ1v) is 26.5. The van der Waals surface area contributed by atoms with Gasteiger partial charge in [-0.1, -0.05) is 192 Å². The Hall–Kier alpha value is -0.340. The van der Waals surface area contributed by atoms with Crippen molar-refractivity contribution >= 4 is 40.3 Å². The summed E-state index contributed by atoms with van der Waals surface area (Å²) in [6, 6.07) is 6.12. The predicted molar refractivity (Wildman–Crippen MR) is 243 cm³/mol. The number of nitrogens with two attached hydrogens (primary N) is 2. The monoisotopic (exact) mass is 799 g/mol. The van der Waals surface area contributed by atoms with Gasteiger partial charge in [-0.25, -0.2) is 5.84 Å². The molecule has 312 valence electrons. The van der Waals surface area contributed by atoms with Crippen LogP contribution in [0, 0.1) is 6.92 Å². The Bertz CT molecular complexity index is 1050. The van der Waals surface area contributed by atoms with Gasteiger partial charge in [0.25, 0.3) is 0 Å². The molecule has 4 N–H and O–H groups in total. The van der Waals surface area contributed by atoms with Crippen LogP contribution in [0.5, 0.6) is 0 Å². The molecule has 1 aromatic carbocycles. The Morgan fingerprint density at radius 1 is 0.642 bits per heavy atom. The molecule has 0 saturated heterocycles. The maximum Gasteiger partial charge on any atom is 0.248 e. The number of aryl methyl sites for hydroxylation is 1. The highest BCUT2D eigenvalue weighted by Gasteiger charge is 2.31. The first kappa shape index (κ1) is 50.7. The van der Waals surface area contributed by atoms with E-state index in [-0.39, 0.29) is 5.54 Å². The maximum absolute atomic E-state index is 6.78. The maximum atomic E-state index is 6.78. The zero-order chi connectivity index (χ0) is 39.0. The van der Waals surface area contributed by atoms with Gasteiger partial charge in [0.1, 0.15) is 0 Å². The highest BCUT2D eigenvalue weighted by Crippen LogP contribution is 2.61. The molecule has 0 saturated carbocycles. The van der Waals surface area contributed by atoms with Crippen LogP contribution in [-0.2, 0) is 20.9 Å². The van der Waals surface area contributed by atoms with Crippen molar-refractivity contribution in [3.05, 3.63) is 23.8 Å². The molecule has 0 aliphatic rings. The van der Waals surface area contributed by atoms with Gasteiger partial charge in [-0.2, -0.15) is 0 Å². The van der Waals surface area contributed by atoms with Gasteiger partial charge in [0, 0.05) is 5.54 Å². The first-order chi connectivity index (χ1) is 25.6. The highest BCUT2D eigenvalue weighted by atomic mass is 32.9. The van der Waals surface area contributed by atoms with Crippen LogP contribution in [0.4, 0.5) is 11.4 Å². The van der Waals surface area contributed by atoms with E-state index >= 15 is 0 Å². The van der Waals surface area contributed by atoms with E-state index in [0.29, 0.717) is 31.4 Å². The lowest BCUT2D eigenvalue weighted by atomic mass is 9.94. The molecule has 0 radical (unpaired) electrons. The van der Waals surface area contributed by atoms with E-state index in [1.165, 1.54) is 154 Å². The third-order valence-electron chi connectivity index (χ3n) is 10.7. The Balaban J connectivity index is 2.88. The van der Waals surface area contributed by atoms with Gasteiger partial charge in [0.2, 0.25) is 5.69 Å². The minimum Gasteiger partial charge on any atom is -0.397 e. The molecule has 0 fully saturated rings. The van der Waals surface area contributed by atoms with Crippen molar-refractivity contribution in [2.24, 2.45) is 5.84 Å². The fraction of sp³-hybridized carbons (Fsp3) is 0.864. The molecule has 0 amide bonds. The van der Waals surface area contributed by atoms with Gasteiger partial charge >= 0.3 is 0 Å². The molecular formula is C44H87N4O2PS2. The number of unbranched alkanes of at least 4 members (excludes halogenated alkanes) is 23. The molecule has 9 heteroatoms. The van der Waals surface area contributed by atoms with E-state index in [2.05, 4.69) is 52.5 Å². The number of nitrogens with zero attached hydrogens (tertiary/aromatic N) is 2. The molecule has 0 aromatic heterocycles. The molecule has 1 aromatic rings. The van der Waals surface area contributed by atoms with Crippen molar-refractivity contribution in [3.8, 4) is 0 Å². The third-order valence-corrected chi connectivity index (χ3v) is 15.9. The van der Waals surface area contributed by atoms with Crippen LogP contribution in [0.2, 0.25) is 0 Å². The van der Waals surface area contributed by atoms with Crippen molar-refractivity contribution in [2.45, 2.75) is 220 Å². The summed E-state index contributed by atoms with van der Waals surface area (Å²) in [5.74, 6) is 7.49. The number of benzene rings is 1. The summed E-state index contributed by atoms with van der Waals surface area (Å²) in [7, 11) is 0. The number of hydrogen-bond acceptors (Lipinski definition) is 8. The van der Waals surface area contributed by atoms with E-state index in [1.54, 1.807) is 16.4 Å². The van der Waals surface area contributed by atoms with E-state index in [1.807, 2.05) is 12.1 Å². The fourth-order valence-electron chi connectivity index (χ4n) is 6.88. The highest BCUT2D eigenvalue weighted by molar-refractivity contribution is 8.67. The summed E-state index contributed by atoms with van der Waals surface area (Å²) in [6.45, 7) is 15.5. The summed E-state index contributed by atoms with van der Waals surface area (Å²) in [5, 5.41) is 1.81. The van der Waals surface area contributed by atoms with E-state index in [0.717, 1.165) is 30.5 Å². The Labute approximate surface area is 339 Å². The lowest BCUT2D eigenvalue weighted by Gasteiger charge is -2.41. The van der Waals surface area contributed by atoms with Gasteiger partial charge < -0.3 is 14.8 Å². The van der Waals surface area contributed by atoms with Gasteiger partial charge in [-0.3, -0.25) is 9.91 Å². The summed E-state index contributed by atoms with van der Waals surface area (Å²) in [6.07, 6.45) is 34.9. The minimum absolute atomic E-state index is 0.0826. The largest absolute Gasteiger partial charge is 0.397 e. The fourth-order valence-corrected chi connectivity index (χ4v) is 11.1. The van der Waals surface area contributed by atoms with E-state index < -0.39 is 5.69 Å². The van der Waals surface area contributed by atoms with Crippen LogP contribution >= 0.6 is 17.1 Å². The normalized spacial score (nSPS) is 13.2. The molecule has 0 bridgehead atoms. The van der Waals surface area contributed by atoms with Crippen LogP contribution in [-0.4, -0.2) is 36.2 Å². The molecule has 53 heavy (non-hydrogen) atoms. The molecular weight excluding hydrogens is 712 g/mol. The van der Waals surface area contributed by atoms with Crippen LogP contribution in [0.15, 0.2) is 18.2 Å². The first-order valence-electron chi connectivity index (χ1n) is 22.3. The van der Waals surface area contributed by atoms with Crippen molar-refractivity contribution in [1.29, 1.82) is 0 Å². The quantitative estimate of drug-likeness (QED) is 0.0171. The summed E-state index contributed by atoms with van der Waals surface area (Å²) in [4.78, 5) is 2.47. The van der Waals surface area contributed by atoms with E-state index in [9.17, 15) is 0 Å². The number of rotatable bonds is 38. The van der Waals surface area contributed by atoms with Gasteiger partial charge in [-0.05, 0) is 69.5 Å². The third kappa shape index (κ3) is 26.3. The number of hydrogen-bond donors (Lipinski definition) is 2. The summed E-state index contributed by atoms with van der Waals surface area (Å²) in [5.41, 5.74) is 6.53. The predicted octanol–water partition coefficient (Wildman–Crippen LogP) is 14.8. The summed E-state index contributed by atoms with van der Waals surface area (Å²) < 4.78 is 13.2. The zero-order valence-electron chi connectivity index (χ0n) is 35.8. The number of nitrogen functional groups attached to an aromatic ring is 1. The Morgan fingerprint density at radius 2 is 1.04 bits per heavy atom. The number of anilines is 2. The molecule has 0 heterocycles. The zero-order valence-corrected chi connectivity index (χ0v) is 38.3. The smallest absolute Gasteiger partial charge is 0.248 e. The molecule has 0 aliphatic carbocycles. The molecule has 0 aliphatic heterocycles. The van der Waals surface area contributed by atoms with Crippen molar-refractivity contribution < 1.29 is 9.05 Å². The number of hydrazine groups is 1. The van der Waals surface area contributed by atoms with Gasteiger partial charge in [0.15, 0.2) is 0 Å². The molecule has 1 rings (SSSR count). The summed E-state index contributed by atoms with van der Waals surface area (Å²) >= 11 is 8.02. The van der Waals surface area contributed by atoms with E-state index in [4.69, 9.17) is 32.4 Å². The van der Waals surface area contributed by atoms with Crippen LogP contribution in [0.3, 0.4) is 0 Å². The molecule has 6 nitrogen and oxygen atoms in total. The van der Waals surface area contributed by atoms with Crippen LogP contribution in [0.1, 0.15) is 214 Å². The van der Waals surface area contributed by atoms with Crippen LogP contribution < -0.4 is 16.6 Å². The molecule has 0 spiro atoms. The second kappa shape index (κ2) is 32.7. The lowest BCUT2D eigenvalue weighted by Crippen LogP contribution is -2.51. The lowest BCUT2D eigenvalue weighted by molar-refractivity contribution is 0.133. The van der Waals surface area contributed by atoms with Crippen molar-refractivity contribution in [2.75, 3.05) is 36.5 Å². The van der Waals surface area contributed by atoms with Crippen molar-refractivity contribution in [1.82, 2.24) is 4.90 Å². The average molecular weight is 799 g/mol. The average Bonchev–Trinajstić information content (AvgIpc) is 3.12. The molecule has 1 unspecified atom stereocenters. The second-order valence-corrected chi connectivity index (χ2v) is 22.6. The van der Waals surface area contributed by atoms with Gasteiger partial charge in [-0.15, -0.1) is 0 Å². The molecule has 1 atom stereocenters.